The van der Waals surface area contributed by atoms with Crippen molar-refractivity contribution in [1.82, 2.24) is 4.98 Å². The van der Waals surface area contributed by atoms with Crippen LogP contribution in [0.1, 0.15) is 29.7 Å². The van der Waals surface area contributed by atoms with Gasteiger partial charge in [-0.3, -0.25) is 0 Å². The number of aromatic nitrogens is 1. The predicted molar refractivity (Wildman–Crippen MR) is 57.8 cm³/mol. The fourth-order valence-electron chi connectivity index (χ4n) is 1.53. The standard InChI is InChI=1S/C11H13NS/c1-8-4-3-5-10(6-8)11-12-7-9(2)13-11/h4,6-7H,3,5H2,1-2H3. The molecule has 13 heavy (non-hydrogen) atoms. The van der Waals surface area contributed by atoms with E-state index in [4.69, 9.17) is 0 Å². The predicted octanol–water partition coefficient (Wildman–Crippen LogP) is 3.58. The first-order chi connectivity index (χ1) is 6.25. The molecule has 0 N–H and O–H groups in total. The molecular formula is C11H13NS. The first-order valence-corrected chi connectivity index (χ1v) is 5.37. The van der Waals surface area contributed by atoms with Gasteiger partial charge in [-0.05, 0) is 32.3 Å². The second-order valence-corrected chi connectivity index (χ2v) is 4.67. The summed E-state index contributed by atoms with van der Waals surface area (Å²) in [6.07, 6.45) is 8.79. The lowest BCUT2D eigenvalue weighted by Gasteiger charge is -2.08. The third kappa shape index (κ3) is 1.89. The van der Waals surface area contributed by atoms with E-state index in [9.17, 15) is 0 Å². The molecule has 1 heterocycles. The highest BCUT2D eigenvalue weighted by molar-refractivity contribution is 7.12. The van der Waals surface area contributed by atoms with Crippen LogP contribution in [0.15, 0.2) is 23.9 Å². The summed E-state index contributed by atoms with van der Waals surface area (Å²) < 4.78 is 0. The molecule has 2 heteroatoms. The molecule has 1 aromatic heterocycles. The van der Waals surface area contributed by atoms with Crippen molar-refractivity contribution in [1.29, 1.82) is 0 Å². The normalized spacial score (nSPS) is 16.8. The van der Waals surface area contributed by atoms with Crippen molar-refractivity contribution >= 4 is 16.9 Å². The average molecular weight is 191 g/mol. The Hall–Kier alpha value is -0.890. The molecule has 1 aliphatic rings. The fourth-order valence-corrected chi connectivity index (χ4v) is 2.34. The minimum absolute atomic E-state index is 1.14. The van der Waals surface area contributed by atoms with Gasteiger partial charge >= 0.3 is 0 Å². The van der Waals surface area contributed by atoms with Gasteiger partial charge in [0.25, 0.3) is 0 Å². The van der Waals surface area contributed by atoms with Crippen molar-refractivity contribution in [2.24, 2.45) is 0 Å². The van der Waals surface area contributed by atoms with Crippen molar-refractivity contribution in [2.75, 3.05) is 0 Å². The maximum Gasteiger partial charge on any atom is 0.119 e. The van der Waals surface area contributed by atoms with Crippen molar-refractivity contribution in [3.05, 3.63) is 33.8 Å². The van der Waals surface area contributed by atoms with Gasteiger partial charge in [-0.2, -0.15) is 0 Å². The Bertz CT molecular complexity index is 371. The van der Waals surface area contributed by atoms with Crippen molar-refractivity contribution in [3.63, 3.8) is 0 Å². The van der Waals surface area contributed by atoms with E-state index in [0.717, 1.165) is 12.8 Å². The summed E-state index contributed by atoms with van der Waals surface area (Å²) in [5.41, 5.74) is 2.77. The first kappa shape index (κ1) is 8.70. The van der Waals surface area contributed by atoms with Gasteiger partial charge in [0.05, 0.1) is 0 Å². The molecule has 1 aromatic rings. The number of hydrogen-bond donors (Lipinski definition) is 0. The number of allylic oxidation sites excluding steroid dienone is 4. The minimum Gasteiger partial charge on any atom is -0.245 e. The van der Waals surface area contributed by atoms with Crippen molar-refractivity contribution in [3.8, 4) is 0 Å². The lowest BCUT2D eigenvalue weighted by Crippen LogP contribution is -1.89. The molecule has 0 unspecified atom stereocenters. The molecule has 0 bridgehead atoms. The van der Waals surface area contributed by atoms with E-state index in [2.05, 4.69) is 31.0 Å². The molecule has 1 aliphatic carbocycles. The Morgan fingerprint density at radius 2 is 2.23 bits per heavy atom. The van der Waals surface area contributed by atoms with Crippen molar-refractivity contribution in [2.45, 2.75) is 26.7 Å². The van der Waals surface area contributed by atoms with Crippen LogP contribution in [0.2, 0.25) is 0 Å². The van der Waals surface area contributed by atoms with Crippen LogP contribution in [0.25, 0.3) is 5.57 Å². The van der Waals surface area contributed by atoms with Crippen molar-refractivity contribution < 1.29 is 0 Å². The maximum atomic E-state index is 4.40. The van der Waals surface area contributed by atoms with E-state index in [1.807, 2.05) is 6.20 Å². The Kier molecular flexibility index (Phi) is 2.32. The molecule has 68 valence electrons. The van der Waals surface area contributed by atoms with Crippen LogP contribution < -0.4 is 0 Å². The summed E-state index contributed by atoms with van der Waals surface area (Å²) >= 11 is 1.79. The Labute approximate surface area is 82.8 Å². The average Bonchev–Trinajstić information content (AvgIpc) is 2.52. The number of hydrogen-bond acceptors (Lipinski definition) is 2. The van der Waals surface area contributed by atoms with Gasteiger partial charge in [-0.25, -0.2) is 4.98 Å². The van der Waals surface area contributed by atoms with Gasteiger partial charge in [0.15, 0.2) is 0 Å². The molecule has 0 radical (unpaired) electrons. The van der Waals surface area contributed by atoms with Crippen LogP contribution in [0, 0.1) is 6.92 Å². The largest absolute Gasteiger partial charge is 0.245 e. The number of rotatable bonds is 1. The zero-order valence-corrected chi connectivity index (χ0v) is 8.82. The molecule has 0 saturated carbocycles. The Morgan fingerprint density at radius 3 is 2.85 bits per heavy atom. The topological polar surface area (TPSA) is 12.9 Å². The number of aryl methyl sites for hydroxylation is 1. The van der Waals surface area contributed by atoms with Crippen LogP contribution in [0.4, 0.5) is 0 Å². The summed E-state index contributed by atoms with van der Waals surface area (Å²) in [6, 6.07) is 0. The SMILES string of the molecule is CC1=CCCC(c2ncc(C)s2)=C1. The first-order valence-electron chi connectivity index (χ1n) is 4.56. The van der Waals surface area contributed by atoms with E-state index in [0.29, 0.717) is 0 Å². The highest BCUT2D eigenvalue weighted by atomic mass is 32.1. The zero-order valence-electron chi connectivity index (χ0n) is 8.00. The van der Waals surface area contributed by atoms with Crippen LogP contribution in [0.5, 0.6) is 0 Å². The smallest absolute Gasteiger partial charge is 0.119 e. The summed E-state index contributed by atoms with van der Waals surface area (Å²) in [6.45, 7) is 4.26. The van der Waals surface area contributed by atoms with Crippen LogP contribution >= 0.6 is 11.3 Å². The van der Waals surface area contributed by atoms with E-state index in [1.165, 1.54) is 21.0 Å². The fraction of sp³-hybridized carbons (Fsp3) is 0.364. The quantitative estimate of drug-likeness (QED) is 0.661. The van der Waals surface area contributed by atoms with Gasteiger partial charge in [0.2, 0.25) is 0 Å². The van der Waals surface area contributed by atoms with E-state index in [-0.39, 0.29) is 0 Å². The molecule has 0 atom stereocenters. The summed E-state index contributed by atoms with van der Waals surface area (Å²) in [5, 5.41) is 1.20. The lowest BCUT2D eigenvalue weighted by molar-refractivity contribution is 1.03. The molecule has 0 spiro atoms. The molecule has 2 rings (SSSR count). The molecule has 0 aliphatic heterocycles. The van der Waals surface area contributed by atoms with Gasteiger partial charge in [-0.15, -0.1) is 11.3 Å². The number of thiazole rings is 1. The molecule has 0 saturated heterocycles. The summed E-state index contributed by atoms with van der Waals surface area (Å²) in [7, 11) is 0. The highest BCUT2D eigenvalue weighted by Crippen LogP contribution is 2.28. The van der Waals surface area contributed by atoms with Gasteiger partial charge < -0.3 is 0 Å². The second kappa shape index (κ2) is 3.46. The molecular weight excluding hydrogens is 178 g/mol. The minimum atomic E-state index is 1.14. The van der Waals surface area contributed by atoms with Gasteiger partial charge in [-0.1, -0.05) is 17.7 Å². The van der Waals surface area contributed by atoms with E-state index in [1.54, 1.807) is 11.3 Å². The second-order valence-electron chi connectivity index (χ2n) is 3.43. The van der Waals surface area contributed by atoms with E-state index < -0.39 is 0 Å². The third-order valence-corrected chi connectivity index (χ3v) is 3.17. The van der Waals surface area contributed by atoms with Gasteiger partial charge in [0, 0.05) is 11.1 Å². The molecule has 1 nitrogen and oxygen atoms in total. The monoisotopic (exact) mass is 191 g/mol. The summed E-state index contributed by atoms with van der Waals surface area (Å²) in [5.74, 6) is 0. The molecule has 0 amide bonds. The Morgan fingerprint density at radius 1 is 1.38 bits per heavy atom. The van der Waals surface area contributed by atoms with E-state index >= 15 is 0 Å². The maximum absolute atomic E-state index is 4.40. The third-order valence-electron chi connectivity index (χ3n) is 2.18. The number of nitrogens with zero attached hydrogens (tertiary/aromatic N) is 1. The van der Waals surface area contributed by atoms with Crippen LogP contribution in [0.3, 0.4) is 0 Å². The summed E-state index contributed by atoms with van der Waals surface area (Å²) in [4.78, 5) is 5.69. The molecule has 0 fully saturated rings. The van der Waals surface area contributed by atoms with Crippen LogP contribution in [-0.2, 0) is 0 Å². The van der Waals surface area contributed by atoms with Gasteiger partial charge in [0.1, 0.15) is 5.01 Å². The zero-order chi connectivity index (χ0) is 9.26. The Balaban J connectivity index is 2.31. The molecule has 0 aromatic carbocycles. The van der Waals surface area contributed by atoms with Crippen LogP contribution in [-0.4, -0.2) is 4.98 Å². The highest BCUT2D eigenvalue weighted by Gasteiger charge is 2.08. The lowest BCUT2D eigenvalue weighted by atomic mass is 10.0.